The molecule has 0 heterocycles. The Bertz CT molecular complexity index is 4270. The van der Waals surface area contributed by atoms with Crippen molar-refractivity contribution < 1.29 is 44.8 Å². The van der Waals surface area contributed by atoms with Gasteiger partial charge >= 0.3 is 44.8 Å². The van der Waals surface area contributed by atoms with E-state index in [2.05, 4.69) is 279 Å². The molecule has 0 N–H and O–H groups in total. The van der Waals surface area contributed by atoms with Gasteiger partial charge in [-0.1, -0.05) is 194 Å². The monoisotopic (exact) mass is 1210 g/mol. The van der Waals surface area contributed by atoms with Crippen LogP contribution in [-0.2, 0) is 44.8 Å². The molecule has 0 spiro atoms. The number of rotatable bonds is 6. The first-order valence-electron chi connectivity index (χ1n) is 25.7. The summed E-state index contributed by atoms with van der Waals surface area (Å²) >= 11 is 0. The van der Waals surface area contributed by atoms with Gasteiger partial charge in [-0.3, -0.25) is 11.8 Å². The first kappa shape index (κ1) is 52.4. The van der Waals surface area contributed by atoms with E-state index in [0.717, 1.165) is 11.1 Å². The molecule has 15 rings (SSSR count). The molecule has 374 valence electrons. The maximum Gasteiger partial charge on any atom is 1.00 e. The van der Waals surface area contributed by atoms with Crippen LogP contribution in [-0.4, -0.2) is 0 Å². The van der Waals surface area contributed by atoms with Crippen molar-refractivity contribution in [2.75, 3.05) is 0 Å². The number of benzene rings is 15. The van der Waals surface area contributed by atoms with Crippen molar-refractivity contribution in [2.24, 2.45) is 0 Å². The zero-order valence-corrected chi connectivity index (χ0v) is 47.1. The molecule has 15 aromatic carbocycles. The first-order chi connectivity index (χ1) is 37.6. The summed E-state index contributed by atoms with van der Waals surface area (Å²) in [4.78, 5) is 0. The third-order valence-corrected chi connectivity index (χ3v) is 20.8. The Morgan fingerprint density at radius 1 is 0.231 bits per heavy atom. The molecule has 0 unspecified atom stereocenters. The first-order valence-corrected chi connectivity index (χ1v) is 28.7. The van der Waals surface area contributed by atoms with Crippen molar-refractivity contribution in [3.63, 3.8) is 0 Å². The summed E-state index contributed by atoms with van der Waals surface area (Å²) in [5.74, 6) is 5.09. The molecular weight excluding hydrogens is 1170 g/mol. The van der Waals surface area contributed by atoms with Crippen LogP contribution in [0.2, 0.25) is 0 Å². The molecule has 0 aliphatic heterocycles. The standard InChI is InChI=1S/C30H24P2.2C22H11.2Ag/c1-5-15-25(16-6-1)31(26-17-7-2-8-18-26)29-23-13-14-24-30(29)32(27-19-9-3-10-20-27)28-21-11-4-12-22-28;2*1-2-14-12-16-8-5-10-18-17-9-3-6-15-7-4-11-19(21(15)17)20(13-14)22(16)18;;/h1-24H;2*3-13H;;/q;2*-1;2*+1/p+2. The van der Waals surface area contributed by atoms with Crippen LogP contribution in [0.15, 0.2) is 279 Å². The minimum absolute atomic E-state index is 0. The van der Waals surface area contributed by atoms with Crippen LogP contribution in [0.4, 0.5) is 0 Å². The second-order valence-corrected chi connectivity index (χ2v) is 24.2. The van der Waals surface area contributed by atoms with Gasteiger partial charge in [0, 0.05) is 0 Å². The molecule has 4 heteroatoms. The van der Waals surface area contributed by atoms with E-state index in [1.54, 1.807) is 0 Å². The smallest absolute Gasteiger partial charge is 0.366 e. The molecule has 0 saturated heterocycles. The van der Waals surface area contributed by atoms with Crippen molar-refractivity contribution in [1.29, 1.82) is 0 Å². The van der Waals surface area contributed by atoms with Crippen molar-refractivity contribution >= 4 is 134 Å². The number of fused-ring (bicyclic) bond motifs is 4. The molecule has 0 aliphatic carbocycles. The Morgan fingerprint density at radius 3 is 0.756 bits per heavy atom. The second-order valence-electron chi connectivity index (χ2n) is 19.3. The summed E-state index contributed by atoms with van der Waals surface area (Å²) in [6, 6.07) is 100. The summed E-state index contributed by atoms with van der Waals surface area (Å²) < 4.78 is 0. The molecular formula is C74H48Ag2P2+2. The van der Waals surface area contributed by atoms with Gasteiger partial charge in [0.15, 0.2) is 0 Å². The fraction of sp³-hybridized carbons (Fsp3) is 0. The average molecular weight is 1210 g/mol. The molecule has 0 aliphatic rings. The Balaban J connectivity index is 0.000000125. The van der Waals surface area contributed by atoms with E-state index in [9.17, 15) is 0 Å². The van der Waals surface area contributed by atoms with Gasteiger partial charge in [0.05, 0.1) is 0 Å². The van der Waals surface area contributed by atoms with Gasteiger partial charge in [-0.25, -0.2) is 0 Å². The van der Waals surface area contributed by atoms with Crippen LogP contribution < -0.4 is 31.8 Å². The van der Waals surface area contributed by atoms with E-state index in [4.69, 9.17) is 12.8 Å². The molecule has 0 atom stereocenters. The summed E-state index contributed by atoms with van der Waals surface area (Å²) in [5.41, 5.74) is 1.66. The SMILES string of the molecule is [Ag+].[Ag+].[C-]#Cc1cc2cccc3c4cccc5cccc(c(c1)c23)c54.[C-]#Cc1cc2cccc3c4cccc5cccc(c(c1)c23)c54.c1ccc([PH+](c2ccccc2)c2ccccc2[PH+](c2ccccc2)c2ccccc2)cc1. The molecule has 0 bridgehead atoms. The van der Waals surface area contributed by atoms with Gasteiger partial charge in [-0.05, 0) is 147 Å². The van der Waals surface area contributed by atoms with E-state index in [1.165, 1.54) is 118 Å². The van der Waals surface area contributed by atoms with E-state index in [-0.39, 0.29) is 44.8 Å². The predicted molar refractivity (Wildman–Crippen MR) is 334 cm³/mol. The predicted octanol–water partition coefficient (Wildman–Crippen LogP) is 16.0. The second kappa shape index (κ2) is 23.1. The Kier molecular flexibility index (Phi) is 15.5. The van der Waals surface area contributed by atoms with Gasteiger partial charge in [0.2, 0.25) is 0 Å². The fourth-order valence-electron chi connectivity index (χ4n) is 11.7. The topological polar surface area (TPSA) is 0 Å². The quantitative estimate of drug-likeness (QED) is 0.0389. The van der Waals surface area contributed by atoms with Crippen molar-refractivity contribution in [2.45, 2.75) is 0 Å². The average Bonchev–Trinajstić information content (AvgIpc) is 3.63. The van der Waals surface area contributed by atoms with Crippen LogP contribution in [0.1, 0.15) is 11.1 Å². The molecule has 0 fully saturated rings. The maximum absolute atomic E-state index is 7.50. The Labute approximate surface area is 489 Å². The fourth-order valence-corrected chi connectivity index (χ4v) is 17.7. The number of hydrogen-bond acceptors (Lipinski definition) is 0. The number of hydrogen-bond donors (Lipinski definition) is 0. The van der Waals surface area contributed by atoms with E-state index >= 15 is 0 Å². The molecule has 0 amide bonds. The van der Waals surface area contributed by atoms with Gasteiger partial charge in [-0.2, -0.15) is 0 Å². The summed E-state index contributed by atoms with van der Waals surface area (Å²) in [7, 11) is -2.28. The summed E-state index contributed by atoms with van der Waals surface area (Å²) in [6.07, 6.45) is 15.0. The maximum atomic E-state index is 7.50. The van der Waals surface area contributed by atoms with Crippen LogP contribution >= 0.6 is 15.8 Å². The third-order valence-electron chi connectivity index (χ3n) is 14.9. The van der Waals surface area contributed by atoms with Gasteiger partial charge < -0.3 is 12.8 Å². The van der Waals surface area contributed by atoms with Crippen LogP contribution in [0, 0.1) is 24.7 Å². The molecule has 0 nitrogen and oxygen atoms in total. The zero-order valence-electron chi connectivity index (χ0n) is 42.2. The summed E-state index contributed by atoms with van der Waals surface area (Å²) in [6.45, 7) is 0. The van der Waals surface area contributed by atoms with Gasteiger partial charge in [-0.15, -0.1) is 35.4 Å². The molecule has 0 aromatic heterocycles. The van der Waals surface area contributed by atoms with Crippen LogP contribution in [0.3, 0.4) is 0 Å². The van der Waals surface area contributed by atoms with E-state index < -0.39 is 15.8 Å². The zero-order chi connectivity index (χ0) is 51.0. The Morgan fingerprint density at radius 2 is 0.474 bits per heavy atom. The molecule has 15 aromatic rings. The van der Waals surface area contributed by atoms with Crippen molar-refractivity contribution in [3.8, 4) is 11.8 Å². The van der Waals surface area contributed by atoms with Gasteiger partial charge in [0.25, 0.3) is 0 Å². The van der Waals surface area contributed by atoms with E-state index in [0.29, 0.717) is 0 Å². The largest absolute Gasteiger partial charge is 1.00 e. The summed E-state index contributed by atoms with van der Waals surface area (Å²) in [5, 5.41) is 28.9. The van der Waals surface area contributed by atoms with Gasteiger partial charge in [0.1, 0.15) is 47.7 Å². The molecule has 0 radical (unpaired) electrons. The van der Waals surface area contributed by atoms with E-state index in [1.807, 2.05) is 12.1 Å². The van der Waals surface area contributed by atoms with Crippen LogP contribution in [0.5, 0.6) is 0 Å². The normalized spacial score (nSPS) is 11.1. The minimum atomic E-state index is -1.14. The van der Waals surface area contributed by atoms with Crippen molar-refractivity contribution in [3.05, 3.63) is 303 Å². The Hall–Kier alpha value is -7.64. The van der Waals surface area contributed by atoms with Crippen LogP contribution in [0.25, 0.3) is 86.2 Å². The minimum Gasteiger partial charge on any atom is -0.366 e. The third kappa shape index (κ3) is 9.64. The molecule has 0 saturated carbocycles. The molecule has 78 heavy (non-hydrogen) atoms. The van der Waals surface area contributed by atoms with Crippen molar-refractivity contribution in [1.82, 2.24) is 0 Å².